The molecule has 0 spiro atoms. The van der Waals surface area contributed by atoms with Crippen LogP contribution in [0.2, 0.25) is 0 Å². The zero-order chi connectivity index (χ0) is 60.3. The summed E-state index contributed by atoms with van der Waals surface area (Å²) < 4.78 is 28.5. The van der Waals surface area contributed by atoms with Crippen LogP contribution in [-0.2, 0) is 42.9 Å². The maximum atomic E-state index is 13.2. The summed E-state index contributed by atoms with van der Waals surface area (Å²) in [5.74, 6) is -3.21. The number of unbranched alkanes of at least 4 members (excludes halogenated alkanes) is 26. The lowest BCUT2D eigenvalue weighted by Crippen LogP contribution is -2.61. The van der Waals surface area contributed by atoms with Crippen molar-refractivity contribution >= 4 is 23.9 Å². The second-order valence-corrected chi connectivity index (χ2v) is 22.4. The van der Waals surface area contributed by atoms with Crippen molar-refractivity contribution in [3.63, 3.8) is 0 Å². The fraction of sp³-hybridized carbons (Fsp3) is 0.718. The number of carbonyl (C=O) groups excluding carboxylic acids is 3. The van der Waals surface area contributed by atoms with Crippen molar-refractivity contribution < 1.29 is 58.2 Å². The maximum Gasteiger partial charge on any atom is 0.335 e. The van der Waals surface area contributed by atoms with E-state index in [-0.39, 0.29) is 25.9 Å². The zero-order valence-electron chi connectivity index (χ0n) is 52.4. The van der Waals surface area contributed by atoms with E-state index < -0.39 is 67.3 Å². The van der Waals surface area contributed by atoms with E-state index in [1.54, 1.807) is 0 Å². The normalized spacial score (nSPS) is 18.2. The van der Waals surface area contributed by atoms with Gasteiger partial charge < -0.3 is 39.0 Å². The highest BCUT2D eigenvalue weighted by Crippen LogP contribution is 2.26. The molecule has 1 aliphatic heterocycles. The van der Waals surface area contributed by atoms with Gasteiger partial charge in [-0.1, -0.05) is 240 Å². The Morgan fingerprint density at radius 2 is 0.771 bits per heavy atom. The molecule has 0 radical (unpaired) electrons. The van der Waals surface area contributed by atoms with Gasteiger partial charge in [-0.05, 0) is 116 Å². The average Bonchev–Trinajstić information content (AvgIpc) is 3.59. The molecule has 0 amide bonds. The minimum atomic E-state index is -1.92. The van der Waals surface area contributed by atoms with E-state index in [1.165, 1.54) is 109 Å². The van der Waals surface area contributed by atoms with E-state index >= 15 is 0 Å². The zero-order valence-corrected chi connectivity index (χ0v) is 52.4. The largest absolute Gasteiger partial charge is 0.479 e. The fourth-order valence-electron chi connectivity index (χ4n) is 9.55. The van der Waals surface area contributed by atoms with Gasteiger partial charge in [0.1, 0.15) is 18.8 Å². The number of hydrogen-bond acceptors (Lipinski definition) is 11. The number of carboxylic acid groups (broad SMARTS) is 1. The lowest BCUT2D eigenvalue weighted by atomic mass is 9.98. The van der Waals surface area contributed by atoms with Crippen LogP contribution in [0.5, 0.6) is 0 Å². The van der Waals surface area contributed by atoms with E-state index in [2.05, 4.69) is 112 Å². The molecule has 12 heteroatoms. The second-order valence-electron chi connectivity index (χ2n) is 22.4. The Kier molecular flexibility index (Phi) is 53.6. The van der Waals surface area contributed by atoms with Crippen molar-refractivity contribution in [2.24, 2.45) is 0 Å². The quantitative estimate of drug-likeness (QED) is 0.0228. The number of rotatable bonds is 56. The Bertz CT molecular complexity index is 1810. The third kappa shape index (κ3) is 47.6. The SMILES string of the molecule is CC/C=C\C/C=C\C/C=C\C/C=C\C/C=C\CCCC(=O)OC(COC(=O)CCCCCCCCCCC/C=C\C/C=C\CCCCC)COC1OC(C(=O)O)C(O)C(O)C1OC(=O)CCCCCCCCC/C=C\CCCCCCCC. The van der Waals surface area contributed by atoms with E-state index in [4.69, 9.17) is 23.7 Å². The molecular formula is C71H118O12. The molecule has 6 atom stereocenters. The van der Waals surface area contributed by atoms with Crippen LogP contribution >= 0.6 is 0 Å². The predicted octanol–water partition coefficient (Wildman–Crippen LogP) is 18.0. The minimum Gasteiger partial charge on any atom is -0.479 e. The van der Waals surface area contributed by atoms with E-state index in [0.29, 0.717) is 25.7 Å². The van der Waals surface area contributed by atoms with Crippen molar-refractivity contribution in [1.29, 1.82) is 0 Å². The Labute approximate surface area is 504 Å². The molecule has 1 aliphatic rings. The molecule has 12 nitrogen and oxygen atoms in total. The molecular weight excluding hydrogens is 1040 g/mol. The van der Waals surface area contributed by atoms with Crippen LogP contribution in [-0.4, -0.2) is 89.2 Å². The summed E-state index contributed by atoms with van der Waals surface area (Å²) in [5.41, 5.74) is 0. The molecule has 0 aromatic heterocycles. The first-order valence-corrected chi connectivity index (χ1v) is 33.2. The summed E-state index contributed by atoms with van der Waals surface area (Å²) >= 11 is 0. The highest BCUT2D eigenvalue weighted by molar-refractivity contribution is 5.74. The summed E-state index contributed by atoms with van der Waals surface area (Å²) in [5, 5.41) is 31.6. The lowest BCUT2D eigenvalue weighted by Gasteiger charge is -2.40. The van der Waals surface area contributed by atoms with Gasteiger partial charge in [0.15, 0.2) is 24.6 Å². The molecule has 0 aromatic carbocycles. The Morgan fingerprint density at radius 1 is 0.410 bits per heavy atom. The molecule has 0 bridgehead atoms. The van der Waals surface area contributed by atoms with Gasteiger partial charge >= 0.3 is 23.9 Å². The highest BCUT2D eigenvalue weighted by atomic mass is 16.7. The lowest BCUT2D eigenvalue weighted by molar-refractivity contribution is -0.301. The number of carbonyl (C=O) groups is 4. The van der Waals surface area contributed by atoms with Crippen LogP contribution in [0.25, 0.3) is 0 Å². The number of aliphatic carboxylic acids is 1. The topological polar surface area (TPSA) is 175 Å². The van der Waals surface area contributed by atoms with Crippen molar-refractivity contribution in [3.05, 3.63) is 97.2 Å². The Morgan fingerprint density at radius 3 is 1.23 bits per heavy atom. The van der Waals surface area contributed by atoms with Gasteiger partial charge in [0.25, 0.3) is 0 Å². The summed E-state index contributed by atoms with van der Waals surface area (Å²) in [6, 6.07) is 0. The molecule has 0 aromatic rings. The molecule has 0 aliphatic carbocycles. The highest BCUT2D eigenvalue weighted by Gasteiger charge is 2.50. The third-order valence-corrected chi connectivity index (χ3v) is 14.6. The van der Waals surface area contributed by atoms with Crippen LogP contribution in [0.3, 0.4) is 0 Å². The first-order valence-electron chi connectivity index (χ1n) is 33.2. The van der Waals surface area contributed by atoms with Gasteiger partial charge in [0, 0.05) is 19.3 Å². The smallest absolute Gasteiger partial charge is 0.335 e. The van der Waals surface area contributed by atoms with Crippen LogP contribution in [0, 0.1) is 0 Å². The monoisotopic (exact) mass is 1160 g/mol. The first kappa shape index (κ1) is 76.7. The molecule has 1 fully saturated rings. The molecule has 474 valence electrons. The molecule has 6 unspecified atom stereocenters. The number of ether oxygens (including phenoxy) is 5. The summed E-state index contributed by atoms with van der Waals surface area (Å²) in [4.78, 5) is 51.4. The van der Waals surface area contributed by atoms with Gasteiger partial charge in [-0.3, -0.25) is 14.4 Å². The fourth-order valence-corrected chi connectivity index (χ4v) is 9.55. The van der Waals surface area contributed by atoms with Crippen LogP contribution in [0.15, 0.2) is 97.2 Å². The van der Waals surface area contributed by atoms with Crippen LogP contribution in [0.4, 0.5) is 0 Å². The molecule has 1 heterocycles. The third-order valence-electron chi connectivity index (χ3n) is 14.6. The minimum absolute atomic E-state index is 0.0455. The van der Waals surface area contributed by atoms with Gasteiger partial charge in [-0.2, -0.15) is 0 Å². The van der Waals surface area contributed by atoms with E-state index in [1.807, 2.05) is 6.08 Å². The molecule has 3 N–H and O–H groups in total. The Hall–Kier alpha value is -4.36. The van der Waals surface area contributed by atoms with Crippen LogP contribution in [0.1, 0.15) is 278 Å². The molecule has 1 rings (SSSR count). The molecule has 1 saturated heterocycles. The standard InChI is InChI=1S/C71H118O12/c1-4-7-10-13-16-19-22-25-28-31-32-35-36-39-42-45-48-51-54-57-63(72)79-60-62(81-64(73)58-55-52-49-46-43-40-37-33-29-26-23-20-17-14-11-8-5-2)61-80-71-69(67(76)66(75)68(83-71)70(77)78)82-65(74)59-56-53-50-47-44-41-38-34-30-27-24-21-18-15-12-9-6-3/h8,11,16-17,19-20,25-30,37,40,46,49,62,66-69,71,75-76H,4-7,9-10,12-15,18,21-24,31-36,38-39,41-45,47-48,50-61H2,1-3H3,(H,77,78)/b11-8-,19-16-,20-17-,28-25-,29-26-,30-27-,40-37-,49-46-. The summed E-state index contributed by atoms with van der Waals surface area (Å²) in [6.45, 7) is 5.83. The average molecular weight is 1160 g/mol. The van der Waals surface area contributed by atoms with Gasteiger partial charge in [-0.25, -0.2) is 4.79 Å². The molecule has 83 heavy (non-hydrogen) atoms. The summed E-state index contributed by atoms with van der Waals surface area (Å²) in [7, 11) is 0. The summed E-state index contributed by atoms with van der Waals surface area (Å²) in [6.07, 6.45) is 65.1. The van der Waals surface area contributed by atoms with Crippen LogP contribution < -0.4 is 0 Å². The number of allylic oxidation sites excluding steroid dienone is 16. The van der Waals surface area contributed by atoms with Crippen molar-refractivity contribution in [2.45, 2.75) is 314 Å². The maximum absolute atomic E-state index is 13.2. The number of aliphatic hydroxyl groups is 2. The van der Waals surface area contributed by atoms with Gasteiger partial charge in [0.2, 0.25) is 0 Å². The second kappa shape index (κ2) is 58.0. The van der Waals surface area contributed by atoms with Gasteiger partial charge in [0.05, 0.1) is 6.61 Å². The van der Waals surface area contributed by atoms with Crippen molar-refractivity contribution in [3.8, 4) is 0 Å². The van der Waals surface area contributed by atoms with Crippen molar-refractivity contribution in [2.75, 3.05) is 13.2 Å². The predicted molar refractivity (Wildman–Crippen MR) is 340 cm³/mol. The Balaban J connectivity index is 2.69. The number of aliphatic hydroxyl groups excluding tert-OH is 2. The number of carboxylic acids is 1. The molecule has 0 saturated carbocycles. The number of esters is 3. The van der Waals surface area contributed by atoms with E-state index in [0.717, 1.165) is 103 Å². The van der Waals surface area contributed by atoms with Crippen molar-refractivity contribution in [1.82, 2.24) is 0 Å². The van der Waals surface area contributed by atoms with Gasteiger partial charge in [-0.15, -0.1) is 0 Å². The number of hydrogen-bond donors (Lipinski definition) is 3. The first-order chi connectivity index (χ1) is 40.6. The van der Waals surface area contributed by atoms with E-state index in [9.17, 15) is 34.5 Å².